The van der Waals surface area contributed by atoms with E-state index in [4.69, 9.17) is 9.47 Å². The summed E-state index contributed by atoms with van der Waals surface area (Å²) in [6.45, 7) is 2.93. The average molecular weight is 596 g/mol. The van der Waals surface area contributed by atoms with E-state index in [0.29, 0.717) is 72.3 Å². The summed E-state index contributed by atoms with van der Waals surface area (Å²) < 4.78 is 29.0. The fraction of sp³-hybridized carbons (Fsp3) is 0.258. The number of rotatable bonds is 7. The van der Waals surface area contributed by atoms with Gasteiger partial charge in [0.1, 0.15) is 30.8 Å². The van der Waals surface area contributed by atoms with Gasteiger partial charge in [-0.2, -0.15) is 5.10 Å². The highest BCUT2D eigenvalue weighted by atomic mass is 19.1. The Morgan fingerprint density at radius 2 is 2.05 bits per heavy atom. The maximum absolute atomic E-state index is 15.2. The van der Waals surface area contributed by atoms with E-state index in [9.17, 15) is 4.79 Å². The van der Waals surface area contributed by atoms with E-state index >= 15 is 4.39 Å². The topological polar surface area (TPSA) is 113 Å². The molecule has 7 rings (SSSR count). The van der Waals surface area contributed by atoms with Crippen molar-refractivity contribution in [3.8, 4) is 17.2 Å². The maximum Gasteiger partial charge on any atom is 0.246 e. The number of aromatic nitrogens is 5. The zero-order valence-corrected chi connectivity index (χ0v) is 24.2. The normalized spacial score (nSPS) is 16.3. The van der Waals surface area contributed by atoms with Crippen LogP contribution in [0.25, 0.3) is 16.6 Å². The molecular weight excluding hydrogens is 565 g/mol. The van der Waals surface area contributed by atoms with Crippen LogP contribution in [-0.4, -0.2) is 93.2 Å². The second-order valence-corrected chi connectivity index (χ2v) is 10.9. The van der Waals surface area contributed by atoms with Gasteiger partial charge in [-0.05, 0) is 44.4 Å². The first-order chi connectivity index (χ1) is 21.4. The van der Waals surface area contributed by atoms with Crippen LogP contribution in [0, 0.1) is 5.82 Å². The van der Waals surface area contributed by atoms with Crippen LogP contribution in [0.3, 0.4) is 0 Å². The Hall–Kier alpha value is -5.30. The van der Waals surface area contributed by atoms with Crippen LogP contribution in [-0.2, 0) is 4.79 Å². The molecular formula is C31H30FN9O3. The molecule has 2 aromatic carbocycles. The van der Waals surface area contributed by atoms with Crippen LogP contribution in [0.4, 0.5) is 21.6 Å². The van der Waals surface area contributed by atoms with Crippen molar-refractivity contribution in [2.24, 2.45) is 0 Å². The van der Waals surface area contributed by atoms with E-state index in [-0.39, 0.29) is 17.7 Å². The molecule has 1 atom stereocenters. The number of piperazine rings is 1. The van der Waals surface area contributed by atoms with Crippen LogP contribution < -0.4 is 19.7 Å². The number of fused-ring (bicyclic) bond motifs is 7. The smallest absolute Gasteiger partial charge is 0.246 e. The number of anilines is 3. The Morgan fingerprint density at radius 3 is 2.91 bits per heavy atom. The second kappa shape index (κ2) is 11.4. The Bertz CT molecular complexity index is 1890. The molecule has 13 heteroatoms. The van der Waals surface area contributed by atoms with Crippen molar-refractivity contribution in [3.63, 3.8) is 0 Å². The van der Waals surface area contributed by atoms with Crippen molar-refractivity contribution < 1.29 is 18.7 Å². The molecule has 0 radical (unpaired) electrons. The van der Waals surface area contributed by atoms with E-state index in [2.05, 4.69) is 30.3 Å². The number of benzene rings is 2. The molecule has 1 fully saturated rings. The number of likely N-dealkylation sites (N-methyl/N-ethyl adjacent to an activating group) is 1. The molecule has 0 saturated carbocycles. The Labute approximate surface area is 252 Å². The summed E-state index contributed by atoms with van der Waals surface area (Å²) in [5.74, 6) is 1.06. The number of pyridine rings is 1. The van der Waals surface area contributed by atoms with Crippen LogP contribution in [0.1, 0.15) is 0 Å². The zero-order chi connectivity index (χ0) is 30.2. The summed E-state index contributed by atoms with van der Waals surface area (Å²) in [4.78, 5) is 32.2. The van der Waals surface area contributed by atoms with Crippen molar-refractivity contribution in [2.45, 2.75) is 6.04 Å². The van der Waals surface area contributed by atoms with Gasteiger partial charge in [-0.15, -0.1) is 0 Å². The number of nitrogens with zero attached hydrogens (tertiary/aromatic N) is 8. The minimum atomic E-state index is -0.547. The molecule has 0 aliphatic carbocycles. The highest BCUT2D eigenvalue weighted by Crippen LogP contribution is 2.42. The molecule has 3 aromatic heterocycles. The molecule has 2 bridgehead atoms. The van der Waals surface area contributed by atoms with E-state index in [1.165, 1.54) is 18.7 Å². The third-order valence-electron chi connectivity index (χ3n) is 7.67. The minimum absolute atomic E-state index is 0.0184. The highest BCUT2D eigenvalue weighted by molar-refractivity contribution is 6.00. The van der Waals surface area contributed by atoms with Crippen molar-refractivity contribution >= 4 is 39.6 Å². The Morgan fingerprint density at radius 1 is 1.14 bits per heavy atom. The lowest BCUT2D eigenvalue weighted by molar-refractivity contribution is -0.129. The van der Waals surface area contributed by atoms with Crippen molar-refractivity contribution in [3.05, 3.63) is 79.3 Å². The van der Waals surface area contributed by atoms with Gasteiger partial charge < -0.3 is 29.5 Å². The summed E-state index contributed by atoms with van der Waals surface area (Å²) in [7, 11) is 3.92. The van der Waals surface area contributed by atoms with Crippen molar-refractivity contribution in [1.29, 1.82) is 0 Å². The third kappa shape index (κ3) is 5.33. The molecule has 12 nitrogen and oxygen atoms in total. The van der Waals surface area contributed by atoms with E-state index in [1.54, 1.807) is 41.1 Å². The molecule has 2 aliphatic rings. The Balaban J connectivity index is 1.13. The molecule has 44 heavy (non-hydrogen) atoms. The Kier molecular flexibility index (Phi) is 7.14. The lowest BCUT2D eigenvalue weighted by atomic mass is 10.1. The van der Waals surface area contributed by atoms with Crippen LogP contribution in [0.2, 0.25) is 0 Å². The average Bonchev–Trinajstić information content (AvgIpc) is 3.43. The van der Waals surface area contributed by atoms with Crippen molar-refractivity contribution in [1.82, 2.24) is 34.4 Å². The number of hydrogen-bond acceptors (Lipinski definition) is 10. The zero-order valence-electron chi connectivity index (χ0n) is 24.2. The first-order valence-electron chi connectivity index (χ1n) is 14.2. The standard InChI is InChI=1S/C31H30FN9O3/c1-38(2)10-3-4-28(42)40-13-12-39-16-21(40)17-43-30-25(39)7-6-24-29(30)31(35-18-33-24)37-20-5-8-26(23(32)14-20)44-22-9-11-41-27(15-22)34-19-36-41/h3-9,11,14-15,18-19,21H,10,12-13,16-17H2,1-2H3,(H,33,35,37)/b4-3+/t21-/m1/s1. The molecule has 224 valence electrons. The first kappa shape index (κ1) is 27.5. The highest BCUT2D eigenvalue weighted by Gasteiger charge is 2.35. The van der Waals surface area contributed by atoms with E-state index in [0.717, 1.165) is 5.69 Å². The predicted octanol–water partition coefficient (Wildman–Crippen LogP) is 3.87. The summed E-state index contributed by atoms with van der Waals surface area (Å²) in [5.41, 5.74) is 2.67. The van der Waals surface area contributed by atoms with E-state index in [1.807, 2.05) is 42.1 Å². The van der Waals surface area contributed by atoms with Gasteiger partial charge in [-0.1, -0.05) is 6.08 Å². The molecule has 0 unspecified atom stereocenters. The summed E-state index contributed by atoms with van der Waals surface area (Å²) in [6.07, 6.45) is 8.11. The van der Waals surface area contributed by atoms with Gasteiger partial charge in [0.05, 0.1) is 22.6 Å². The third-order valence-corrected chi connectivity index (χ3v) is 7.67. The lowest BCUT2D eigenvalue weighted by Crippen LogP contribution is -2.56. The summed E-state index contributed by atoms with van der Waals surface area (Å²) in [5, 5.41) is 7.98. The van der Waals surface area contributed by atoms with Gasteiger partial charge in [0.15, 0.2) is 23.0 Å². The van der Waals surface area contributed by atoms with E-state index < -0.39 is 5.82 Å². The van der Waals surface area contributed by atoms with Gasteiger partial charge in [0.25, 0.3) is 0 Å². The van der Waals surface area contributed by atoms with Gasteiger partial charge in [0, 0.05) is 56.3 Å². The number of nitrogens with one attached hydrogen (secondary N) is 1. The monoisotopic (exact) mass is 595 g/mol. The first-order valence-corrected chi connectivity index (χ1v) is 14.2. The van der Waals surface area contributed by atoms with Gasteiger partial charge in [-0.3, -0.25) is 4.79 Å². The van der Waals surface area contributed by atoms with Gasteiger partial charge >= 0.3 is 0 Å². The largest absolute Gasteiger partial charge is 0.488 e. The molecule has 0 spiro atoms. The predicted molar refractivity (Wildman–Crippen MR) is 163 cm³/mol. The number of carbonyl (C=O) groups excluding carboxylic acids is 1. The van der Waals surface area contributed by atoms with Crippen molar-refractivity contribution in [2.75, 3.05) is 57.1 Å². The minimum Gasteiger partial charge on any atom is -0.488 e. The van der Waals surface area contributed by atoms with Crippen LogP contribution >= 0.6 is 0 Å². The number of amides is 1. The summed E-state index contributed by atoms with van der Waals surface area (Å²) in [6, 6.07) is 11.8. The number of carbonyl (C=O) groups is 1. The lowest BCUT2D eigenvalue weighted by Gasteiger charge is -2.39. The van der Waals surface area contributed by atoms with Gasteiger partial charge in [0.2, 0.25) is 5.91 Å². The van der Waals surface area contributed by atoms with Gasteiger partial charge in [-0.25, -0.2) is 23.9 Å². The number of hydrogen-bond donors (Lipinski definition) is 1. The molecule has 1 N–H and O–H groups in total. The fourth-order valence-corrected chi connectivity index (χ4v) is 5.53. The number of halogens is 1. The molecule has 5 heterocycles. The fourth-order valence-electron chi connectivity index (χ4n) is 5.53. The molecule has 2 aliphatic heterocycles. The molecule has 1 amide bonds. The van der Waals surface area contributed by atoms with Crippen LogP contribution in [0.15, 0.2) is 73.5 Å². The quantitative estimate of drug-likeness (QED) is 0.278. The van der Waals surface area contributed by atoms with Crippen LogP contribution in [0.5, 0.6) is 17.2 Å². The SMILES string of the molecule is CN(C)C/C=C/C(=O)N1CCN2C[C@@H]1COc1c2ccc2ncnc(Nc3ccc(Oc4ccn5ncnc5c4)c(F)c3)c12. The maximum atomic E-state index is 15.2. The molecule has 5 aromatic rings. The number of ether oxygens (including phenoxy) is 2. The molecule has 1 saturated heterocycles. The summed E-state index contributed by atoms with van der Waals surface area (Å²) >= 11 is 0. The second-order valence-electron chi connectivity index (χ2n) is 10.9.